The van der Waals surface area contributed by atoms with Crippen LogP contribution in [0.2, 0.25) is 5.02 Å². The zero-order valence-corrected chi connectivity index (χ0v) is 16.3. The number of primary amides is 1. The van der Waals surface area contributed by atoms with Crippen LogP contribution in [0.15, 0.2) is 60.3 Å². The molecule has 0 aliphatic heterocycles. The Kier molecular flexibility index (Phi) is 6.15. The van der Waals surface area contributed by atoms with Gasteiger partial charge in [-0.3, -0.25) is 14.9 Å². The Hall–Kier alpha value is -4.09. The van der Waals surface area contributed by atoms with Crippen molar-refractivity contribution < 1.29 is 14.4 Å². The van der Waals surface area contributed by atoms with Gasteiger partial charge in [0.2, 0.25) is 5.91 Å². The largest absolute Gasteiger partial charge is 0.351 e. The molecule has 4 amide bonds. The van der Waals surface area contributed by atoms with Gasteiger partial charge in [0.05, 0.1) is 0 Å². The molecule has 30 heavy (non-hydrogen) atoms. The Balaban J connectivity index is 1.90. The summed E-state index contributed by atoms with van der Waals surface area (Å²) in [4.78, 5) is 35.3. The molecule has 0 unspecified atom stereocenters. The van der Waals surface area contributed by atoms with Gasteiger partial charge in [-0.15, -0.1) is 0 Å². The van der Waals surface area contributed by atoms with Crippen LogP contribution in [0.1, 0.15) is 5.56 Å². The minimum Gasteiger partial charge on any atom is -0.351 e. The summed E-state index contributed by atoms with van der Waals surface area (Å²) < 4.78 is 1.70. The second-order valence-electron chi connectivity index (χ2n) is 6.27. The molecule has 150 valence electrons. The number of imide groups is 1. The molecule has 0 saturated carbocycles. The lowest BCUT2D eigenvalue weighted by molar-refractivity contribution is -0.117. The number of rotatable bonds is 5. The Morgan fingerprint density at radius 1 is 1.13 bits per heavy atom. The predicted molar refractivity (Wildman–Crippen MR) is 113 cm³/mol. The van der Waals surface area contributed by atoms with E-state index in [-0.39, 0.29) is 18.0 Å². The molecule has 2 aromatic carbocycles. The van der Waals surface area contributed by atoms with Crippen LogP contribution in [0.3, 0.4) is 0 Å². The fraction of sp³-hybridized carbons (Fsp3) is 0.0476. The van der Waals surface area contributed by atoms with Crippen LogP contribution in [0, 0.1) is 11.3 Å². The highest BCUT2D eigenvalue weighted by Gasteiger charge is 2.15. The monoisotopic (exact) mass is 421 g/mol. The van der Waals surface area contributed by atoms with Crippen molar-refractivity contribution in [2.24, 2.45) is 5.73 Å². The maximum Gasteiger partial charge on any atom is 0.319 e. The summed E-state index contributed by atoms with van der Waals surface area (Å²) in [5.41, 5.74) is 6.54. The van der Waals surface area contributed by atoms with Crippen LogP contribution in [-0.4, -0.2) is 22.4 Å². The van der Waals surface area contributed by atoms with Gasteiger partial charge in [0.1, 0.15) is 18.2 Å². The number of carbonyl (C=O) groups is 3. The van der Waals surface area contributed by atoms with Gasteiger partial charge in [-0.25, -0.2) is 4.79 Å². The average Bonchev–Trinajstić information content (AvgIpc) is 3.04. The van der Waals surface area contributed by atoms with Gasteiger partial charge in [0.15, 0.2) is 0 Å². The summed E-state index contributed by atoms with van der Waals surface area (Å²) in [5.74, 6) is -1.16. The van der Waals surface area contributed by atoms with E-state index in [1.807, 2.05) is 17.4 Å². The van der Waals surface area contributed by atoms with E-state index < -0.39 is 11.9 Å². The number of para-hydroxylation sites is 1. The second kappa shape index (κ2) is 8.94. The molecule has 0 bridgehead atoms. The van der Waals surface area contributed by atoms with Crippen LogP contribution in [-0.2, 0) is 16.1 Å². The Bertz CT molecular complexity index is 1210. The second-order valence-corrected chi connectivity index (χ2v) is 6.71. The third-order valence-corrected chi connectivity index (χ3v) is 4.41. The van der Waals surface area contributed by atoms with E-state index in [9.17, 15) is 19.6 Å². The first-order valence-electron chi connectivity index (χ1n) is 8.73. The minimum atomic E-state index is -1.05. The molecule has 0 spiro atoms. The number of hydrogen-bond acceptors (Lipinski definition) is 4. The van der Waals surface area contributed by atoms with Crippen LogP contribution in [0.4, 0.5) is 10.5 Å². The van der Waals surface area contributed by atoms with Crippen molar-refractivity contribution in [1.29, 1.82) is 5.26 Å². The van der Waals surface area contributed by atoms with E-state index in [0.29, 0.717) is 16.3 Å². The van der Waals surface area contributed by atoms with Crippen molar-refractivity contribution >= 4 is 52.1 Å². The fourth-order valence-corrected chi connectivity index (χ4v) is 3.02. The molecule has 3 rings (SSSR count). The van der Waals surface area contributed by atoms with Gasteiger partial charge < -0.3 is 15.6 Å². The van der Waals surface area contributed by atoms with Gasteiger partial charge >= 0.3 is 6.03 Å². The number of carbonyl (C=O) groups excluding carboxylic acids is 3. The number of hydrogen-bond donors (Lipinski definition) is 3. The van der Waals surface area contributed by atoms with Crippen molar-refractivity contribution in [3.05, 3.63) is 70.9 Å². The summed E-state index contributed by atoms with van der Waals surface area (Å²) in [5, 5.41) is 15.2. The quantitative estimate of drug-likeness (QED) is 0.431. The normalized spacial score (nSPS) is 11.0. The van der Waals surface area contributed by atoms with E-state index in [1.165, 1.54) is 6.08 Å². The molecule has 8 nitrogen and oxygen atoms in total. The number of fused-ring (bicyclic) bond motifs is 1. The van der Waals surface area contributed by atoms with Crippen LogP contribution in [0.25, 0.3) is 17.0 Å². The first kappa shape index (κ1) is 20.6. The Labute approximate surface area is 176 Å². The van der Waals surface area contributed by atoms with Gasteiger partial charge in [0.25, 0.3) is 5.91 Å². The molecule has 9 heteroatoms. The van der Waals surface area contributed by atoms with Gasteiger partial charge in [-0.1, -0.05) is 29.8 Å². The maximum atomic E-state index is 12.5. The SMILES string of the molecule is N#C/C(=C/c1cn(CC(=O)Nc2ccc(Cl)cc2)c2ccccc12)C(=O)NC(N)=O. The van der Waals surface area contributed by atoms with Gasteiger partial charge in [-0.2, -0.15) is 5.26 Å². The first-order valence-corrected chi connectivity index (χ1v) is 9.11. The number of anilines is 1. The number of halogens is 1. The number of nitrogens with two attached hydrogens (primary N) is 1. The number of amides is 4. The van der Waals surface area contributed by atoms with Crippen LogP contribution < -0.4 is 16.4 Å². The zero-order valence-electron chi connectivity index (χ0n) is 15.6. The highest BCUT2D eigenvalue weighted by molar-refractivity contribution is 6.30. The third kappa shape index (κ3) is 4.84. The number of nitrogens with zero attached hydrogens (tertiary/aromatic N) is 2. The Morgan fingerprint density at radius 2 is 1.83 bits per heavy atom. The van der Waals surface area contributed by atoms with Crippen LogP contribution >= 0.6 is 11.6 Å². The van der Waals surface area contributed by atoms with Gasteiger partial charge in [0, 0.05) is 33.4 Å². The number of aromatic nitrogens is 1. The zero-order chi connectivity index (χ0) is 21.7. The summed E-state index contributed by atoms with van der Waals surface area (Å²) >= 11 is 5.85. The molecule has 0 radical (unpaired) electrons. The van der Waals surface area contributed by atoms with Gasteiger partial charge in [-0.05, 0) is 36.4 Å². The highest BCUT2D eigenvalue weighted by Crippen LogP contribution is 2.24. The highest BCUT2D eigenvalue weighted by atomic mass is 35.5. The molecule has 0 aliphatic carbocycles. The first-order chi connectivity index (χ1) is 14.4. The predicted octanol–water partition coefficient (Wildman–Crippen LogP) is 3.04. The van der Waals surface area contributed by atoms with Crippen molar-refractivity contribution in [3.63, 3.8) is 0 Å². The number of nitrogens with one attached hydrogen (secondary N) is 2. The molecule has 1 aromatic heterocycles. The average molecular weight is 422 g/mol. The maximum absolute atomic E-state index is 12.5. The number of urea groups is 1. The number of benzene rings is 2. The summed E-state index contributed by atoms with van der Waals surface area (Å²) in [6, 6.07) is 14.7. The molecule has 1 heterocycles. The van der Waals surface area contributed by atoms with Crippen molar-refractivity contribution in [3.8, 4) is 6.07 Å². The lowest BCUT2D eigenvalue weighted by atomic mass is 10.1. The molecule has 3 aromatic rings. The number of nitriles is 1. The van der Waals surface area contributed by atoms with E-state index in [4.69, 9.17) is 17.3 Å². The van der Waals surface area contributed by atoms with Crippen molar-refractivity contribution in [2.45, 2.75) is 6.54 Å². The molecule has 0 aliphatic rings. The smallest absolute Gasteiger partial charge is 0.319 e. The van der Waals surface area contributed by atoms with E-state index in [2.05, 4.69) is 5.32 Å². The van der Waals surface area contributed by atoms with Crippen molar-refractivity contribution in [2.75, 3.05) is 5.32 Å². The lowest BCUT2D eigenvalue weighted by Crippen LogP contribution is -2.35. The standard InChI is InChI=1S/C21H16ClN5O3/c22-15-5-7-16(8-6-15)25-19(28)12-27-11-14(17-3-1-2-4-18(17)27)9-13(10-23)20(29)26-21(24)30/h1-9,11H,12H2,(H,25,28)(H3,24,26,29,30)/b13-9-. The van der Waals surface area contributed by atoms with Crippen molar-refractivity contribution in [1.82, 2.24) is 9.88 Å². The fourth-order valence-electron chi connectivity index (χ4n) is 2.89. The molecule has 0 atom stereocenters. The topological polar surface area (TPSA) is 130 Å². The summed E-state index contributed by atoms with van der Waals surface area (Å²) in [7, 11) is 0. The lowest BCUT2D eigenvalue weighted by Gasteiger charge is -2.07. The molecule has 4 N–H and O–H groups in total. The molecule has 0 fully saturated rings. The van der Waals surface area contributed by atoms with Crippen LogP contribution in [0.5, 0.6) is 0 Å². The molecular weight excluding hydrogens is 406 g/mol. The summed E-state index contributed by atoms with van der Waals surface area (Å²) in [6.07, 6.45) is 3.00. The van der Waals surface area contributed by atoms with E-state index in [1.54, 1.807) is 53.2 Å². The molecular formula is C21H16ClN5O3. The Morgan fingerprint density at radius 3 is 2.50 bits per heavy atom. The minimum absolute atomic E-state index is 0.00630. The molecule has 0 saturated heterocycles. The third-order valence-electron chi connectivity index (χ3n) is 4.16. The summed E-state index contributed by atoms with van der Waals surface area (Å²) in [6.45, 7) is 0.00630. The van der Waals surface area contributed by atoms with E-state index >= 15 is 0 Å². The van der Waals surface area contributed by atoms with E-state index in [0.717, 1.165) is 10.9 Å².